The molecule has 0 aliphatic carbocycles. The summed E-state index contributed by atoms with van der Waals surface area (Å²) in [4.78, 5) is 13.4. The number of H-pyrrole nitrogens is 1. The van der Waals surface area contributed by atoms with Gasteiger partial charge < -0.3 is 10.2 Å². The van der Waals surface area contributed by atoms with E-state index in [0.29, 0.717) is 5.70 Å². The third kappa shape index (κ3) is 1.74. The maximum Gasteiger partial charge on any atom is 0.272 e. The smallest absolute Gasteiger partial charge is 0.272 e. The number of nitrogens with one attached hydrogen (secondary N) is 2. The van der Waals surface area contributed by atoms with E-state index in [9.17, 15) is 4.79 Å². The van der Waals surface area contributed by atoms with Crippen LogP contribution in [0.1, 0.15) is 5.56 Å². The molecule has 5 nitrogen and oxygen atoms in total. The van der Waals surface area contributed by atoms with Crippen LogP contribution in [-0.4, -0.2) is 33.5 Å². The predicted molar refractivity (Wildman–Crippen MR) is 72.8 cm³/mol. The van der Waals surface area contributed by atoms with Crippen molar-refractivity contribution in [1.82, 2.24) is 20.4 Å². The van der Waals surface area contributed by atoms with E-state index in [4.69, 9.17) is 0 Å². The van der Waals surface area contributed by atoms with Gasteiger partial charge in [0.2, 0.25) is 0 Å². The molecular weight excluding hydrogens is 248 g/mol. The molecule has 18 heavy (non-hydrogen) atoms. The molecule has 3 rings (SSSR count). The van der Waals surface area contributed by atoms with E-state index in [1.54, 1.807) is 18.1 Å². The summed E-state index contributed by atoms with van der Waals surface area (Å²) in [6.45, 7) is 0. The highest BCUT2D eigenvalue weighted by Crippen LogP contribution is 2.19. The molecule has 1 saturated heterocycles. The lowest BCUT2D eigenvalue weighted by molar-refractivity contribution is -0.123. The van der Waals surface area contributed by atoms with Gasteiger partial charge in [0.1, 0.15) is 11.2 Å². The second-order valence-corrected chi connectivity index (χ2v) is 4.70. The lowest BCUT2D eigenvalue weighted by atomic mass is 10.1. The number of hydrogen-bond donors (Lipinski definition) is 3. The number of likely N-dealkylation sites (N-methyl/N-ethyl adjacent to an activating group) is 1. The third-order valence-electron chi connectivity index (χ3n) is 2.98. The zero-order valence-electron chi connectivity index (χ0n) is 9.71. The number of hydrogen-bond acceptors (Lipinski definition) is 4. The standard InChI is InChI=1S/C12H12N4OS/c1-16-11(17)10(14-12(16)18)5-7-2-3-9-8(4-7)6-13-15-9/h2-6,12,14,18H,1H3,(H,13,15)/b10-5-. The SMILES string of the molecule is CN1C(=O)/C(=C/c2ccc3[nH]ncc3c2)NC1S. The number of nitrogens with zero attached hydrogens (tertiary/aromatic N) is 2. The Bertz CT molecular complexity index is 648. The van der Waals surface area contributed by atoms with E-state index in [-0.39, 0.29) is 11.4 Å². The predicted octanol–water partition coefficient (Wildman–Crippen LogP) is 1.18. The topological polar surface area (TPSA) is 61.0 Å². The number of carbonyl (C=O) groups excluding carboxylic acids is 1. The van der Waals surface area contributed by atoms with Crippen LogP contribution in [0.25, 0.3) is 17.0 Å². The van der Waals surface area contributed by atoms with Crippen LogP contribution in [0.4, 0.5) is 0 Å². The Morgan fingerprint density at radius 2 is 2.33 bits per heavy atom. The van der Waals surface area contributed by atoms with Crippen LogP contribution in [0, 0.1) is 0 Å². The van der Waals surface area contributed by atoms with Crippen molar-refractivity contribution in [3.8, 4) is 0 Å². The van der Waals surface area contributed by atoms with Gasteiger partial charge in [-0.15, -0.1) is 12.6 Å². The van der Waals surface area contributed by atoms with E-state index in [0.717, 1.165) is 16.5 Å². The zero-order chi connectivity index (χ0) is 12.7. The molecule has 1 aromatic heterocycles. The van der Waals surface area contributed by atoms with Crippen molar-refractivity contribution in [2.24, 2.45) is 0 Å². The largest absolute Gasteiger partial charge is 0.352 e. The van der Waals surface area contributed by atoms with Crippen molar-refractivity contribution in [1.29, 1.82) is 0 Å². The van der Waals surface area contributed by atoms with Gasteiger partial charge in [0.25, 0.3) is 5.91 Å². The molecule has 2 N–H and O–H groups in total. The molecule has 1 atom stereocenters. The highest BCUT2D eigenvalue weighted by atomic mass is 32.1. The fourth-order valence-corrected chi connectivity index (χ4v) is 2.16. The average molecular weight is 260 g/mol. The fourth-order valence-electron chi connectivity index (χ4n) is 1.92. The van der Waals surface area contributed by atoms with Crippen molar-refractivity contribution in [3.05, 3.63) is 35.7 Å². The Hall–Kier alpha value is -1.95. The number of rotatable bonds is 1. The Balaban J connectivity index is 1.98. The molecule has 0 bridgehead atoms. The number of carbonyl (C=O) groups is 1. The molecule has 0 spiro atoms. The first-order valence-electron chi connectivity index (χ1n) is 5.52. The van der Waals surface area contributed by atoms with Gasteiger partial charge in [-0.05, 0) is 23.8 Å². The first-order valence-corrected chi connectivity index (χ1v) is 6.03. The van der Waals surface area contributed by atoms with Crippen LogP contribution in [0.15, 0.2) is 30.1 Å². The Morgan fingerprint density at radius 3 is 3.06 bits per heavy atom. The van der Waals surface area contributed by atoms with Gasteiger partial charge in [0.15, 0.2) is 0 Å². The third-order valence-corrected chi connectivity index (χ3v) is 3.45. The quantitative estimate of drug-likeness (QED) is 0.533. The second-order valence-electron chi connectivity index (χ2n) is 4.21. The Labute approximate surface area is 109 Å². The van der Waals surface area contributed by atoms with Gasteiger partial charge in [0.05, 0.1) is 11.7 Å². The summed E-state index contributed by atoms with van der Waals surface area (Å²) in [5, 5.41) is 10.9. The van der Waals surface area contributed by atoms with Gasteiger partial charge in [-0.3, -0.25) is 9.89 Å². The van der Waals surface area contributed by atoms with Crippen LogP contribution in [-0.2, 0) is 4.79 Å². The number of aromatic amines is 1. The van der Waals surface area contributed by atoms with E-state index < -0.39 is 0 Å². The van der Waals surface area contributed by atoms with Crippen molar-refractivity contribution in [3.63, 3.8) is 0 Å². The molecule has 1 unspecified atom stereocenters. The molecule has 0 saturated carbocycles. The molecule has 1 aliphatic heterocycles. The van der Waals surface area contributed by atoms with Gasteiger partial charge >= 0.3 is 0 Å². The summed E-state index contributed by atoms with van der Waals surface area (Å²) in [6.07, 6.45) is 3.58. The van der Waals surface area contributed by atoms with Crippen molar-refractivity contribution in [2.45, 2.75) is 5.50 Å². The summed E-state index contributed by atoms with van der Waals surface area (Å²) in [6, 6.07) is 5.86. The lowest BCUT2D eigenvalue weighted by Crippen LogP contribution is -2.28. The highest BCUT2D eigenvalue weighted by Gasteiger charge is 2.28. The molecule has 2 aromatic rings. The van der Waals surface area contributed by atoms with Crippen LogP contribution < -0.4 is 5.32 Å². The first-order chi connectivity index (χ1) is 8.65. The minimum atomic E-state index is -0.263. The Kier molecular flexibility index (Phi) is 2.52. The zero-order valence-corrected chi connectivity index (χ0v) is 10.6. The summed E-state index contributed by atoms with van der Waals surface area (Å²) in [5.74, 6) is -0.0534. The number of fused-ring (bicyclic) bond motifs is 1. The second kappa shape index (κ2) is 4.06. The first kappa shape index (κ1) is 11.2. The average Bonchev–Trinajstić information content (AvgIpc) is 2.91. The summed E-state index contributed by atoms with van der Waals surface area (Å²) in [5.41, 5.74) is 2.23. The fraction of sp³-hybridized carbons (Fsp3) is 0.167. The van der Waals surface area contributed by atoms with Crippen LogP contribution in [0.2, 0.25) is 0 Å². The van der Waals surface area contributed by atoms with Gasteiger partial charge in [0, 0.05) is 12.4 Å². The molecule has 1 aromatic carbocycles. The molecular formula is C12H12N4OS. The summed E-state index contributed by atoms with van der Waals surface area (Å²) < 4.78 is 0. The van der Waals surface area contributed by atoms with Gasteiger partial charge in [-0.25, -0.2) is 0 Å². The van der Waals surface area contributed by atoms with Gasteiger partial charge in [-0.1, -0.05) is 6.07 Å². The van der Waals surface area contributed by atoms with E-state index >= 15 is 0 Å². The maximum atomic E-state index is 11.9. The maximum absolute atomic E-state index is 11.9. The normalized spacial score (nSPS) is 21.9. The van der Waals surface area contributed by atoms with Crippen molar-refractivity contribution < 1.29 is 4.79 Å². The summed E-state index contributed by atoms with van der Waals surface area (Å²) in [7, 11) is 1.72. The molecule has 1 fully saturated rings. The number of amides is 1. The number of benzene rings is 1. The number of thiol groups is 1. The highest BCUT2D eigenvalue weighted by molar-refractivity contribution is 7.80. The van der Waals surface area contributed by atoms with Crippen molar-refractivity contribution in [2.75, 3.05) is 7.05 Å². The van der Waals surface area contributed by atoms with Crippen molar-refractivity contribution >= 4 is 35.5 Å². The van der Waals surface area contributed by atoms with Gasteiger partial charge in [-0.2, -0.15) is 5.10 Å². The monoisotopic (exact) mass is 260 g/mol. The van der Waals surface area contributed by atoms with E-state index in [2.05, 4.69) is 28.1 Å². The molecule has 0 radical (unpaired) electrons. The molecule has 6 heteroatoms. The van der Waals surface area contributed by atoms with E-state index in [1.165, 1.54) is 0 Å². The minimum absolute atomic E-state index is 0.0534. The summed E-state index contributed by atoms with van der Waals surface area (Å²) >= 11 is 4.26. The molecule has 1 aliphatic rings. The Morgan fingerprint density at radius 1 is 1.50 bits per heavy atom. The van der Waals surface area contributed by atoms with Crippen LogP contribution >= 0.6 is 12.6 Å². The number of aromatic nitrogens is 2. The lowest BCUT2D eigenvalue weighted by Gasteiger charge is -2.11. The molecule has 1 amide bonds. The molecule has 92 valence electrons. The van der Waals surface area contributed by atoms with Crippen LogP contribution in [0.5, 0.6) is 0 Å². The molecule has 2 heterocycles. The van der Waals surface area contributed by atoms with Crippen LogP contribution in [0.3, 0.4) is 0 Å². The minimum Gasteiger partial charge on any atom is -0.352 e. The van der Waals surface area contributed by atoms with E-state index in [1.807, 2.05) is 24.3 Å².